The highest BCUT2D eigenvalue weighted by Gasteiger charge is 2.27. The maximum Gasteiger partial charge on any atom is 0.244 e. The van der Waals surface area contributed by atoms with Crippen LogP contribution < -0.4 is 5.73 Å². The van der Waals surface area contributed by atoms with Gasteiger partial charge in [-0.15, -0.1) is 0 Å². The van der Waals surface area contributed by atoms with E-state index < -0.39 is 10.0 Å². The molecule has 9 heteroatoms. The number of hydrogen-bond donors (Lipinski definition) is 1. The Balaban J connectivity index is 3.26. The lowest BCUT2D eigenvalue weighted by Crippen LogP contribution is -2.33. The third kappa shape index (κ3) is 3.99. The first-order chi connectivity index (χ1) is 9.86. The van der Waals surface area contributed by atoms with Gasteiger partial charge in [0.1, 0.15) is 4.90 Å². The zero-order chi connectivity index (χ0) is 16.0. The van der Waals surface area contributed by atoms with Gasteiger partial charge < -0.3 is 5.73 Å². The number of sulfonamides is 1. The fourth-order valence-electron chi connectivity index (χ4n) is 1.59. The zero-order valence-electron chi connectivity index (χ0n) is 10.9. The van der Waals surface area contributed by atoms with Crippen LogP contribution in [0.2, 0.25) is 10.0 Å². The minimum atomic E-state index is -3.95. The number of halogens is 2. The molecule has 0 saturated carbocycles. The molecule has 21 heavy (non-hydrogen) atoms. The number of nitrogens with two attached hydrogens (primary N) is 1. The molecular formula is C12H12Cl2N4O2S. The highest BCUT2D eigenvalue weighted by molar-refractivity contribution is 7.89. The fraction of sp³-hybridized carbons (Fsp3) is 0.333. The molecule has 0 atom stereocenters. The summed E-state index contributed by atoms with van der Waals surface area (Å²) in [5.41, 5.74) is 5.60. The van der Waals surface area contributed by atoms with E-state index in [1.165, 1.54) is 12.1 Å². The first-order valence-electron chi connectivity index (χ1n) is 5.83. The third-order valence-electron chi connectivity index (χ3n) is 2.65. The Morgan fingerprint density at radius 1 is 1.14 bits per heavy atom. The third-order valence-corrected chi connectivity index (χ3v) is 5.44. The first kappa shape index (κ1) is 17.5. The Hall–Kier alpha value is -1.51. The minimum Gasteiger partial charge on any atom is -0.396 e. The van der Waals surface area contributed by atoms with Crippen LogP contribution in [0.25, 0.3) is 0 Å². The summed E-state index contributed by atoms with van der Waals surface area (Å²) in [6.45, 7) is -0.0568. The molecule has 112 valence electrons. The van der Waals surface area contributed by atoms with E-state index in [1.54, 1.807) is 0 Å². The molecule has 0 radical (unpaired) electrons. The van der Waals surface area contributed by atoms with Crippen LogP contribution in [-0.4, -0.2) is 25.8 Å². The van der Waals surface area contributed by atoms with Crippen molar-refractivity contribution < 1.29 is 8.42 Å². The van der Waals surface area contributed by atoms with Gasteiger partial charge >= 0.3 is 0 Å². The van der Waals surface area contributed by atoms with Gasteiger partial charge in [0, 0.05) is 25.9 Å². The van der Waals surface area contributed by atoms with Crippen LogP contribution >= 0.6 is 23.2 Å². The van der Waals surface area contributed by atoms with E-state index in [4.69, 9.17) is 39.5 Å². The molecule has 1 rings (SSSR count). The summed E-state index contributed by atoms with van der Waals surface area (Å²) in [6.07, 6.45) is 0.0106. The van der Waals surface area contributed by atoms with Crippen LogP contribution in [0, 0.1) is 22.7 Å². The number of rotatable bonds is 6. The molecule has 0 aliphatic carbocycles. The van der Waals surface area contributed by atoms with Crippen molar-refractivity contribution in [3.05, 3.63) is 22.2 Å². The number of benzene rings is 1. The second kappa shape index (κ2) is 7.48. The van der Waals surface area contributed by atoms with Crippen LogP contribution in [0.4, 0.5) is 5.69 Å². The molecule has 0 amide bonds. The minimum absolute atomic E-state index is 0.00531. The molecule has 0 saturated heterocycles. The normalized spacial score (nSPS) is 11.1. The SMILES string of the molecule is N#CCCN(CCC#N)S(=O)(=O)c1ccc(Cl)c(N)c1Cl. The summed E-state index contributed by atoms with van der Waals surface area (Å²) in [6, 6.07) is 6.32. The summed E-state index contributed by atoms with van der Waals surface area (Å²) in [5.74, 6) is 0. The molecule has 0 bridgehead atoms. The maximum absolute atomic E-state index is 12.6. The summed E-state index contributed by atoms with van der Waals surface area (Å²) >= 11 is 11.7. The van der Waals surface area contributed by atoms with Crippen molar-refractivity contribution >= 4 is 38.9 Å². The van der Waals surface area contributed by atoms with E-state index in [0.717, 1.165) is 4.31 Å². The molecule has 0 unspecified atom stereocenters. The van der Waals surface area contributed by atoms with Gasteiger partial charge in [-0.3, -0.25) is 0 Å². The average molecular weight is 347 g/mol. The molecule has 0 aliphatic rings. The van der Waals surface area contributed by atoms with Gasteiger partial charge in [-0.1, -0.05) is 23.2 Å². The Labute approximate surface area is 133 Å². The van der Waals surface area contributed by atoms with Crippen LogP contribution in [0.1, 0.15) is 12.8 Å². The lowest BCUT2D eigenvalue weighted by Gasteiger charge is -2.21. The summed E-state index contributed by atoms with van der Waals surface area (Å²) in [5, 5.41) is 17.2. The average Bonchev–Trinajstić information content (AvgIpc) is 2.44. The number of nitrogens with zero attached hydrogens (tertiary/aromatic N) is 3. The maximum atomic E-state index is 12.6. The lowest BCUT2D eigenvalue weighted by atomic mass is 10.3. The largest absolute Gasteiger partial charge is 0.396 e. The second-order valence-electron chi connectivity index (χ2n) is 3.99. The Kier molecular flexibility index (Phi) is 6.25. The zero-order valence-corrected chi connectivity index (χ0v) is 13.2. The number of anilines is 1. The van der Waals surface area contributed by atoms with Crippen LogP contribution in [-0.2, 0) is 10.0 Å². The molecule has 0 fully saturated rings. The lowest BCUT2D eigenvalue weighted by molar-refractivity contribution is 0.425. The number of nitriles is 2. The van der Waals surface area contributed by atoms with E-state index in [2.05, 4.69) is 0 Å². The van der Waals surface area contributed by atoms with Gasteiger partial charge in [0.25, 0.3) is 0 Å². The second-order valence-corrected chi connectivity index (χ2v) is 6.69. The van der Waals surface area contributed by atoms with Crippen molar-refractivity contribution in [2.24, 2.45) is 0 Å². The predicted octanol–water partition coefficient (Wildman–Crippen LogP) is 2.39. The smallest absolute Gasteiger partial charge is 0.244 e. The van der Waals surface area contributed by atoms with Crippen molar-refractivity contribution in [1.82, 2.24) is 4.31 Å². The number of nitrogen functional groups attached to an aromatic ring is 1. The van der Waals surface area contributed by atoms with Crippen LogP contribution in [0.3, 0.4) is 0 Å². The van der Waals surface area contributed by atoms with Crippen molar-refractivity contribution in [3.8, 4) is 12.1 Å². The Morgan fingerprint density at radius 2 is 1.67 bits per heavy atom. The van der Waals surface area contributed by atoms with Gasteiger partial charge in [0.2, 0.25) is 10.0 Å². The van der Waals surface area contributed by atoms with Gasteiger partial charge in [-0.25, -0.2) is 8.42 Å². The molecule has 0 aromatic heterocycles. The molecule has 0 spiro atoms. The van der Waals surface area contributed by atoms with Crippen molar-refractivity contribution in [1.29, 1.82) is 10.5 Å². The van der Waals surface area contributed by atoms with Gasteiger partial charge in [-0.05, 0) is 12.1 Å². The molecule has 0 heterocycles. The molecule has 0 aliphatic heterocycles. The van der Waals surface area contributed by atoms with Crippen molar-refractivity contribution in [2.75, 3.05) is 18.8 Å². The monoisotopic (exact) mass is 346 g/mol. The predicted molar refractivity (Wildman–Crippen MR) is 80.1 cm³/mol. The summed E-state index contributed by atoms with van der Waals surface area (Å²) < 4.78 is 26.1. The molecule has 6 nitrogen and oxygen atoms in total. The van der Waals surface area contributed by atoms with E-state index in [9.17, 15) is 8.42 Å². The first-order valence-corrected chi connectivity index (χ1v) is 8.03. The van der Waals surface area contributed by atoms with Crippen molar-refractivity contribution in [3.63, 3.8) is 0 Å². The van der Waals surface area contributed by atoms with Crippen LogP contribution in [0.15, 0.2) is 17.0 Å². The van der Waals surface area contributed by atoms with Crippen molar-refractivity contribution in [2.45, 2.75) is 17.7 Å². The Bertz CT molecular complexity index is 689. The van der Waals surface area contributed by atoms with Gasteiger partial charge in [-0.2, -0.15) is 14.8 Å². The van der Waals surface area contributed by atoms with Gasteiger partial charge in [0.15, 0.2) is 0 Å². The van der Waals surface area contributed by atoms with E-state index in [1.807, 2.05) is 12.1 Å². The molecule has 1 aromatic rings. The summed E-state index contributed by atoms with van der Waals surface area (Å²) in [4.78, 5) is -0.193. The highest BCUT2D eigenvalue weighted by Crippen LogP contribution is 2.34. The molecular weight excluding hydrogens is 335 g/mol. The Morgan fingerprint density at radius 3 is 2.14 bits per heavy atom. The molecule has 1 aromatic carbocycles. The quantitative estimate of drug-likeness (QED) is 0.794. The summed E-state index contributed by atoms with van der Waals surface area (Å²) in [7, 11) is -3.95. The topological polar surface area (TPSA) is 111 Å². The van der Waals surface area contributed by atoms with E-state index in [-0.39, 0.29) is 46.6 Å². The number of hydrogen-bond acceptors (Lipinski definition) is 5. The molecule has 2 N–H and O–H groups in total. The fourth-order valence-corrected chi connectivity index (χ4v) is 3.77. The van der Waals surface area contributed by atoms with Gasteiger partial charge in [0.05, 0.1) is 27.9 Å². The standard InChI is InChI=1S/C12H12Cl2N4O2S/c13-9-3-4-10(11(14)12(9)17)21(19,20)18(7-1-5-15)8-2-6-16/h3-4H,1-2,7-8,17H2. The highest BCUT2D eigenvalue weighted by atomic mass is 35.5. The van der Waals surface area contributed by atoms with E-state index in [0.29, 0.717) is 0 Å². The van der Waals surface area contributed by atoms with Crippen LogP contribution in [0.5, 0.6) is 0 Å². The van der Waals surface area contributed by atoms with E-state index >= 15 is 0 Å².